The zero-order chi connectivity index (χ0) is 21.1. The average Bonchev–Trinajstić information content (AvgIpc) is 3.49. The number of oxazole rings is 1. The third-order valence-electron chi connectivity index (χ3n) is 4.34. The van der Waals surface area contributed by atoms with E-state index in [1.54, 1.807) is 60.5 Å². The second-order valence-corrected chi connectivity index (χ2v) is 6.43. The van der Waals surface area contributed by atoms with Crippen molar-refractivity contribution in [2.24, 2.45) is 0 Å². The first-order valence-corrected chi connectivity index (χ1v) is 9.06. The molecule has 0 aliphatic rings. The van der Waals surface area contributed by atoms with Crippen LogP contribution in [0.3, 0.4) is 0 Å². The van der Waals surface area contributed by atoms with E-state index < -0.39 is 5.91 Å². The Labute approximate surface area is 171 Å². The Hall–Kier alpha value is -4.14. The van der Waals surface area contributed by atoms with E-state index in [0.717, 1.165) is 0 Å². The minimum Gasteiger partial charge on any atom is -0.497 e. The Morgan fingerprint density at radius 2 is 1.93 bits per heavy atom. The predicted octanol–water partition coefficient (Wildman–Crippen LogP) is 3.64. The monoisotopic (exact) mass is 406 g/mol. The summed E-state index contributed by atoms with van der Waals surface area (Å²) in [6.07, 6.45) is 2.91. The van der Waals surface area contributed by atoms with Gasteiger partial charge in [-0.2, -0.15) is 5.10 Å². The molecular formula is C21H18N4O5. The van der Waals surface area contributed by atoms with Crippen molar-refractivity contribution < 1.29 is 23.2 Å². The number of ketones is 1. The van der Waals surface area contributed by atoms with E-state index in [0.29, 0.717) is 41.0 Å². The van der Waals surface area contributed by atoms with Crippen LogP contribution in [0.25, 0.3) is 11.3 Å². The predicted molar refractivity (Wildman–Crippen MR) is 106 cm³/mol. The van der Waals surface area contributed by atoms with Crippen molar-refractivity contribution in [2.45, 2.75) is 13.5 Å². The standard InChI is InChI=1S/C21H18N4O5/c1-13(26)17-8-7-16(30-17)11-25-10-9-18(24-25)23-21(27)19-20(29-12-22-19)14-3-5-15(28-2)6-4-14/h3-10,12H,11H2,1-2H3,(H,23,24,27). The number of ether oxygens (including phenoxy) is 1. The molecule has 9 nitrogen and oxygen atoms in total. The summed E-state index contributed by atoms with van der Waals surface area (Å²) in [5, 5.41) is 7.00. The lowest BCUT2D eigenvalue weighted by molar-refractivity contribution is 0.0983. The number of amides is 1. The molecule has 0 saturated heterocycles. The Morgan fingerprint density at radius 1 is 1.13 bits per heavy atom. The molecule has 9 heteroatoms. The SMILES string of the molecule is COc1ccc(-c2ocnc2C(=O)Nc2ccn(Cc3ccc(C(C)=O)o3)n2)cc1. The van der Waals surface area contributed by atoms with Crippen LogP contribution in [0.2, 0.25) is 0 Å². The molecular weight excluding hydrogens is 388 g/mol. The molecule has 1 N–H and O–H groups in total. The first-order chi connectivity index (χ1) is 14.5. The lowest BCUT2D eigenvalue weighted by atomic mass is 10.1. The van der Waals surface area contributed by atoms with Gasteiger partial charge in [-0.1, -0.05) is 0 Å². The number of nitrogens with one attached hydrogen (secondary N) is 1. The highest BCUT2D eigenvalue weighted by Gasteiger charge is 2.19. The lowest BCUT2D eigenvalue weighted by Crippen LogP contribution is -2.14. The highest BCUT2D eigenvalue weighted by Crippen LogP contribution is 2.26. The molecule has 0 aliphatic heterocycles. The van der Waals surface area contributed by atoms with Crippen LogP contribution >= 0.6 is 0 Å². The highest BCUT2D eigenvalue weighted by atomic mass is 16.5. The summed E-state index contributed by atoms with van der Waals surface area (Å²) >= 11 is 0. The first-order valence-electron chi connectivity index (χ1n) is 9.06. The summed E-state index contributed by atoms with van der Waals surface area (Å²) in [4.78, 5) is 28.0. The van der Waals surface area contributed by atoms with Crippen molar-refractivity contribution in [2.75, 3.05) is 12.4 Å². The van der Waals surface area contributed by atoms with Crippen molar-refractivity contribution in [1.29, 1.82) is 0 Å². The van der Waals surface area contributed by atoms with Crippen molar-refractivity contribution in [3.8, 4) is 17.1 Å². The van der Waals surface area contributed by atoms with Gasteiger partial charge in [-0.05, 0) is 36.4 Å². The molecule has 3 heterocycles. The van der Waals surface area contributed by atoms with Crippen molar-refractivity contribution in [1.82, 2.24) is 14.8 Å². The number of nitrogens with zero attached hydrogens (tertiary/aromatic N) is 3. The molecule has 4 aromatic rings. The van der Waals surface area contributed by atoms with Crippen molar-refractivity contribution in [3.05, 3.63) is 72.3 Å². The van der Waals surface area contributed by atoms with E-state index in [-0.39, 0.29) is 11.5 Å². The molecule has 1 amide bonds. The van der Waals surface area contributed by atoms with E-state index >= 15 is 0 Å². The van der Waals surface area contributed by atoms with Gasteiger partial charge in [0, 0.05) is 24.8 Å². The number of hydrogen-bond acceptors (Lipinski definition) is 7. The molecule has 0 fully saturated rings. The quantitative estimate of drug-likeness (QED) is 0.466. The van der Waals surface area contributed by atoms with Gasteiger partial charge in [0.25, 0.3) is 5.91 Å². The Balaban J connectivity index is 1.46. The third-order valence-corrected chi connectivity index (χ3v) is 4.34. The molecule has 0 bridgehead atoms. The second kappa shape index (κ2) is 8.08. The number of methoxy groups -OCH3 is 1. The summed E-state index contributed by atoms with van der Waals surface area (Å²) in [7, 11) is 1.58. The van der Waals surface area contributed by atoms with E-state index in [2.05, 4.69) is 15.4 Å². The molecule has 0 radical (unpaired) electrons. The number of benzene rings is 1. The Morgan fingerprint density at radius 3 is 2.63 bits per heavy atom. The fourth-order valence-electron chi connectivity index (χ4n) is 2.86. The van der Waals surface area contributed by atoms with Gasteiger partial charge in [0.05, 0.1) is 13.7 Å². The number of carbonyl (C=O) groups is 2. The van der Waals surface area contributed by atoms with Crippen LogP contribution in [0.5, 0.6) is 5.75 Å². The van der Waals surface area contributed by atoms with Crippen molar-refractivity contribution in [3.63, 3.8) is 0 Å². The average molecular weight is 406 g/mol. The summed E-state index contributed by atoms with van der Waals surface area (Å²) < 4.78 is 17.6. The van der Waals surface area contributed by atoms with Crippen LogP contribution in [0.4, 0.5) is 5.82 Å². The molecule has 1 aromatic carbocycles. The maximum atomic E-state index is 12.7. The number of anilines is 1. The van der Waals surface area contributed by atoms with Gasteiger partial charge < -0.3 is 18.9 Å². The van der Waals surface area contributed by atoms with E-state index in [1.165, 1.54) is 13.3 Å². The normalized spacial score (nSPS) is 10.7. The minimum atomic E-state index is -0.448. The number of Topliss-reactive ketones (excluding diaryl/α,β-unsaturated/α-hetero) is 1. The topological polar surface area (TPSA) is 112 Å². The summed E-state index contributed by atoms with van der Waals surface area (Å²) in [5.41, 5.74) is 0.843. The molecule has 0 saturated carbocycles. The summed E-state index contributed by atoms with van der Waals surface area (Å²) in [5.74, 6) is 1.68. The molecule has 0 spiro atoms. The van der Waals surface area contributed by atoms with Crippen LogP contribution < -0.4 is 10.1 Å². The number of furan rings is 1. The molecule has 0 aliphatic carbocycles. The molecule has 30 heavy (non-hydrogen) atoms. The third kappa shape index (κ3) is 4.00. The fraction of sp³-hybridized carbons (Fsp3) is 0.143. The number of carbonyl (C=O) groups excluding carboxylic acids is 2. The van der Waals surface area contributed by atoms with Crippen molar-refractivity contribution >= 4 is 17.5 Å². The molecule has 0 unspecified atom stereocenters. The maximum Gasteiger partial charge on any atom is 0.279 e. The minimum absolute atomic E-state index is 0.144. The highest BCUT2D eigenvalue weighted by molar-refractivity contribution is 6.05. The van der Waals surface area contributed by atoms with Gasteiger partial charge in [-0.3, -0.25) is 14.3 Å². The lowest BCUT2D eigenvalue weighted by Gasteiger charge is -2.04. The second-order valence-electron chi connectivity index (χ2n) is 6.43. The first kappa shape index (κ1) is 19.2. The summed E-state index contributed by atoms with van der Waals surface area (Å²) in [6, 6.07) is 12.1. The van der Waals surface area contributed by atoms with Crippen LogP contribution in [0.1, 0.15) is 33.7 Å². The van der Waals surface area contributed by atoms with Gasteiger partial charge >= 0.3 is 0 Å². The number of rotatable bonds is 7. The fourth-order valence-corrected chi connectivity index (χ4v) is 2.86. The van der Waals surface area contributed by atoms with Crippen LogP contribution in [0, 0.1) is 0 Å². The maximum absolute atomic E-state index is 12.7. The summed E-state index contributed by atoms with van der Waals surface area (Å²) in [6.45, 7) is 1.76. The van der Waals surface area contributed by atoms with Gasteiger partial charge in [0.1, 0.15) is 11.5 Å². The van der Waals surface area contributed by atoms with Gasteiger partial charge in [0.15, 0.2) is 35.2 Å². The van der Waals surface area contributed by atoms with E-state index in [1.807, 2.05) is 0 Å². The van der Waals surface area contributed by atoms with E-state index in [4.69, 9.17) is 13.6 Å². The van der Waals surface area contributed by atoms with Gasteiger partial charge in [-0.25, -0.2) is 4.98 Å². The van der Waals surface area contributed by atoms with E-state index in [9.17, 15) is 9.59 Å². The van der Waals surface area contributed by atoms with Gasteiger partial charge in [-0.15, -0.1) is 0 Å². The molecule has 4 rings (SSSR count). The smallest absolute Gasteiger partial charge is 0.279 e. The largest absolute Gasteiger partial charge is 0.497 e. The zero-order valence-electron chi connectivity index (χ0n) is 16.3. The number of hydrogen-bond donors (Lipinski definition) is 1. The Bertz CT molecular complexity index is 1190. The van der Waals surface area contributed by atoms with Gasteiger partial charge in [0.2, 0.25) is 0 Å². The molecule has 0 atom stereocenters. The molecule has 152 valence electrons. The van der Waals surface area contributed by atoms with Crippen LogP contribution in [-0.2, 0) is 6.54 Å². The molecule has 3 aromatic heterocycles. The van der Waals surface area contributed by atoms with Crippen LogP contribution in [0.15, 0.2) is 63.9 Å². The number of aromatic nitrogens is 3. The van der Waals surface area contributed by atoms with Crippen LogP contribution in [-0.4, -0.2) is 33.6 Å². The Kier molecular flexibility index (Phi) is 5.17. The zero-order valence-corrected chi connectivity index (χ0v) is 16.3.